The zero-order valence-corrected chi connectivity index (χ0v) is 12.5. The van der Waals surface area contributed by atoms with E-state index >= 15 is 0 Å². The number of carboxylic acid groups (broad SMARTS) is 1. The summed E-state index contributed by atoms with van der Waals surface area (Å²) in [6, 6.07) is 0. The fourth-order valence-corrected chi connectivity index (χ4v) is 2.50. The topological polar surface area (TPSA) is 69.6 Å². The second-order valence-electron chi connectivity index (χ2n) is 6.50. The molecule has 5 heteroatoms. The maximum atomic E-state index is 12.1. The second kappa shape index (κ2) is 5.90. The van der Waals surface area contributed by atoms with E-state index in [1.165, 1.54) is 0 Å². The number of nitrogens with one attached hydrogen (secondary N) is 1. The minimum Gasteiger partial charge on any atom is -0.481 e. The summed E-state index contributed by atoms with van der Waals surface area (Å²) in [4.78, 5) is 25.2. The lowest BCUT2D eigenvalue weighted by Crippen LogP contribution is -2.45. The molecule has 0 spiro atoms. The Morgan fingerprint density at radius 3 is 2.47 bits per heavy atom. The van der Waals surface area contributed by atoms with Crippen LogP contribution in [0.5, 0.6) is 0 Å². The van der Waals surface area contributed by atoms with Gasteiger partial charge in [-0.05, 0) is 33.6 Å². The summed E-state index contributed by atoms with van der Waals surface area (Å²) in [5, 5.41) is 12.5. The normalized spacial score (nSPS) is 23.7. The van der Waals surface area contributed by atoms with Crippen LogP contribution in [0.25, 0.3) is 0 Å². The van der Waals surface area contributed by atoms with Crippen LogP contribution in [0.2, 0.25) is 0 Å². The molecule has 1 rings (SSSR count). The van der Waals surface area contributed by atoms with Crippen LogP contribution in [0.15, 0.2) is 0 Å². The first kappa shape index (κ1) is 16.0. The highest BCUT2D eigenvalue weighted by Gasteiger charge is 2.45. The van der Waals surface area contributed by atoms with Crippen molar-refractivity contribution in [1.82, 2.24) is 10.2 Å². The van der Waals surface area contributed by atoms with Gasteiger partial charge in [0.2, 0.25) is 5.91 Å². The monoisotopic (exact) mass is 270 g/mol. The summed E-state index contributed by atoms with van der Waals surface area (Å²) in [6.45, 7) is 9.16. The molecule has 1 heterocycles. The molecule has 0 radical (unpaired) electrons. The molecule has 0 bridgehead atoms. The van der Waals surface area contributed by atoms with E-state index in [-0.39, 0.29) is 18.0 Å². The highest BCUT2D eigenvalue weighted by atomic mass is 16.4. The van der Waals surface area contributed by atoms with Crippen LogP contribution in [-0.4, -0.2) is 47.1 Å². The SMILES string of the molecule is CCCC1(C(=O)O)CCN(C(=O)CNC(C)(C)C)C1. The molecule has 0 saturated carbocycles. The molecular formula is C14H26N2O3. The van der Waals surface area contributed by atoms with Crippen LogP contribution in [0, 0.1) is 5.41 Å². The summed E-state index contributed by atoms with van der Waals surface area (Å²) in [7, 11) is 0. The fraction of sp³-hybridized carbons (Fsp3) is 0.857. The molecule has 1 amide bonds. The van der Waals surface area contributed by atoms with Crippen LogP contribution >= 0.6 is 0 Å². The summed E-state index contributed by atoms with van der Waals surface area (Å²) >= 11 is 0. The molecule has 0 aromatic carbocycles. The van der Waals surface area contributed by atoms with Crippen molar-refractivity contribution in [3.8, 4) is 0 Å². The van der Waals surface area contributed by atoms with Gasteiger partial charge in [-0.15, -0.1) is 0 Å². The lowest BCUT2D eigenvalue weighted by molar-refractivity contribution is -0.149. The molecule has 110 valence electrons. The average molecular weight is 270 g/mol. The van der Waals surface area contributed by atoms with E-state index < -0.39 is 11.4 Å². The number of carbonyl (C=O) groups is 2. The van der Waals surface area contributed by atoms with Gasteiger partial charge in [0.05, 0.1) is 12.0 Å². The number of rotatable bonds is 5. The fourth-order valence-electron chi connectivity index (χ4n) is 2.50. The first-order valence-electron chi connectivity index (χ1n) is 6.96. The van der Waals surface area contributed by atoms with Gasteiger partial charge in [0, 0.05) is 18.6 Å². The Kier molecular flexibility index (Phi) is 4.96. The number of nitrogens with zero attached hydrogens (tertiary/aromatic N) is 1. The van der Waals surface area contributed by atoms with E-state index in [0.717, 1.165) is 6.42 Å². The molecule has 19 heavy (non-hydrogen) atoms. The molecule has 0 aliphatic carbocycles. The Balaban J connectivity index is 2.59. The van der Waals surface area contributed by atoms with Crippen molar-refractivity contribution in [3.63, 3.8) is 0 Å². The molecule has 0 aromatic rings. The molecule has 1 aliphatic rings. The Labute approximate surface area is 115 Å². The molecular weight excluding hydrogens is 244 g/mol. The second-order valence-corrected chi connectivity index (χ2v) is 6.50. The number of hydrogen-bond donors (Lipinski definition) is 2. The van der Waals surface area contributed by atoms with Crippen molar-refractivity contribution in [2.45, 2.75) is 52.5 Å². The van der Waals surface area contributed by atoms with Gasteiger partial charge in [-0.3, -0.25) is 9.59 Å². The van der Waals surface area contributed by atoms with E-state index in [4.69, 9.17) is 0 Å². The van der Waals surface area contributed by atoms with Gasteiger partial charge in [-0.2, -0.15) is 0 Å². The summed E-state index contributed by atoms with van der Waals surface area (Å²) in [6.07, 6.45) is 2.03. The third-order valence-electron chi connectivity index (χ3n) is 3.66. The molecule has 1 saturated heterocycles. The van der Waals surface area contributed by atoms with E-state index in [2.05, 4.69) is 5.32 Å². The molecule has 1 fully saturated rings. The lowest BCUT2D eigenvalue weighted by Gasteiger charge is -2.26. The third-order valence-corrected chi connectivity index (χ3v) is 3.66. The van der Waals surface area contributed by atoms with Crippen molar-refractivity contribution in [2.75, 3.05) is 19.6 Å². The van der Waals surface area contributed by atoms with Crippen molar-refractivity contribution >= 4 is 11.9 Å². The molecule has 1 atom stereocenters. The third kappa shape index (κ3) is 4.20. The van der Waals surface area contributed by atoms with Gasteiger partial charge in [0.1, 0.15) is 0 Å². The van der Waals surface area contributed by atoms with Gasteiger partial charge in [-0.1, -0.05) is 13.3 Å². The molecule has 1 unspecified atom stereocenters. The quantitative estimate of drug-likeness (QED) is 0.794. The summed E-state index contributed by atoms with van der Waals surface area (Å²) in [5.41, 5.74) is -0.838. The predicted molar refractivity (Wildman–Crippen MR) is 73.9 cm³/mol. The Morgan fingerprint density at radius 2 is 2.00 bits per heavy atom. The minimum atomic E-state index is -0.770. The lowest BCUT2D eigenvalue weighted by atomic mass is 9.83. The van der Waals surface area contributed by atoms with Crippen molar-refractivity contribution in [2.24, 2.45) is 5.41 Å². The van der Waals surface area contributed by atoms with Gasteiger partial charge >= 0.3 is 5.97 Å². The predicted octanol–water partition coefficient (Wildman–Crippen LogP) is 1.48. The number of aliphatic carboxylic acids is 1. The zero-order valence-electron chi connectivity index (χ0n) is 12.5. The first-order chi connectivity index (χ1) is 8.70. The van der Waals surface area contributed by atoms with Crippen LogP contribution in [-0.2, 0) is 9.59 Å². The number of carboxylic acids is 1. The van der Waals surface area contributed by atoms with E-state index in [1.807, 2.05) is 27.7 Å². The van der Waals surface area contributed by atoms with Gasteiger partial charge in [-0.25, -0.2) is 0 Å². The maximum Gasteiger partial charge on any atom is 0.311 e. The van der Waals surface area contributed by atoms with E-state index in [1.54, 1.807) is 4.90 Å². The largest absolute Gasteiger partial charge is 0.481 e. The highest BCUT2D eigenvalue weighted by molar-refractivity contribution is 5.81. The van der Waals surface area contributed by atoms with Gasteiger partial charge < -0.3 is 15.3 Å². The molecule has 1 aliphatic heterocycles. The maximum absolute atomic E-state index is 12.1. The zero-order chi connectivity index (χ0) is 14.7. The van der Waals surface area contributed by atoms with Gasteiger partial charge in [0.25, 0.3) is 0 Å². The summed E-state index contributed by atoms with van der Waals surface area (Å²) in [5.74, 6) is -0.775. The number of amides is 1. The Morgan fingerprint density at radius 1 is 1.37 bits per heavy atom. The van der Waals surface area contributed by atoms with Gasteiger partial charge in [0.15, 0.2) is 0 Å². The van der Waals surface area contributed by atoms with Crippen LogP contribution in [0.3, 0.4) is 0 Å². The molecule has 2 N–H and O–H groups in total. The van der Waals surface area contributed by atoms with Crippen LogP contribution in [0.1, 0.15) is 47.0 Å². The molecule has 0 aromatic heterocycles. The first-order valence-corrected chi connectivity index (χ1v) is 6.96. The molecule has 5 nitrogen and oxygen atoms in total. The average Bonchev–Trinajstić information content (AvgIpc) is 2.71. The van der Waals surface area contributed by atoms with E-state index in [0.29, 0.717) is 25.9 Å². The van der Waals surface area contributed by atoms with Crippen molar-refractivity contribution in [1.29, 1.82) is 0 Å². The van der Waals surface area contributed by atoms with E-state index in [9.17, 15) is 14.7 Å². The van der Waals surface area contributed by atoms with Crippen LogP contribution < -0.4 is 5.32 Å². The standard InChI is InChI=1S/C14H26N2O3/c1-5-6-14(12(18)19)7-8-16(10-14)11(17)9-15-13(2,3)4/h15H,5-10H2,1-4H3,(H,18,19). The highest BCUT2D eigenvalue weighted by Crippen LogP contribution is 2.35. The van der Waals surface area contributed by atoms with Crippen molar-refractivity contribution in [3.05, 3.63) is 0 Å². The van der Waals surface area contributed by atoms with Crippen molar-refractivity contribution < 1.29 is 14.7 Å². The minimum absolute atomic E-state index is 0.00541. The number of hydrogen-bond acceptors (Lipinski definition) is 3. The summed E-state index contributed by atoms with van der Waals surface area (Å²) < 4.78 is 0. The Hall–Kier alpha value is -1.10. The van der Waals surface area contributed by atoms with Crippen LogP contribution in [0.4, 0.5) is 0 Å². The Bertz CT molecular complexity index is 349. The number of carbonyl (C=O) groups excluding carboxylic acids is 1. The smallest absolute Gasteiger partial charge is 0.311 e. The number of likely N-dealkylation sites (tertiary alicyclic amines) is 1.